The molecule has 2 aromatic rings. The van der Waals surface area contributed by atoms with E-state index in [0.717, 1.165) is 19.6 Å². The Kier molecular flexibility index (Phi) is 7.16. The standard InChI is InChI=1S/C19H25N3O2S/c1-4-22(5-2)13-12-20-18(23)15-9-6-7-10-16(15)21(3)19(24)17-11-8-14-25-17/h6-11,14H,4-5,12-13H2,1-3H3,(H,20,23). The maximum absolute atomic E-state index is 12.6. The van der Waals surface area contributed by atoms with Crippen molar-refractivity contribution in [3.05, 3.63) is 52.2 Å². The largest absolute Gasteiger partial charge is 0.351 e. The number of hydrogen-bond donors (Lipinski definition) is 1. The second kappa shape index (κ2) is 9.34. The molecule has 0 radical (unpaired) electrons. The van der Waals surface area contributed by atoms with E-state index in [1.165, 1.54) is 16.2 Å². The Morgan fingerprint density at radius 2 is 1.80 bits per heavy atom. The molecule has 0 fully saturated rings. The van der Waals surface area contributed by atoms with E-state index in [1.807, 2.05) is 23.6 Å². The molecule has 0 spiro atoms. The van der Waals surface area contributed by atoms with Crippen molar-refractivity contribution >= 4 is 28.8 Å². The number of carbonyl (C=O) groups excluding carboxylic acids is 2. The van der Waals surface area contributed by atoms with Gasteiger partial charge in [-0.25, -0.2) is 0 Å². The predicted octanol–water partition coefficient (Wildman–Crippen LogP) is 3.10. The van der Waals surface area contributed by atoms with Gasteiger partial charge in [0.15, 0.2) is 0 Å². The average molecular weight is 359 g/mol. The number of rotatable bonds is 8. The summed E-state index contributed by atoms with van der Waals surface area (Å²) in [6.45, 7) is 7.52. The molecule has 6 heteroatoms. The van der Waals surface area contributed by atoms with E-state index in [0.29, 0.717) is 22.7 Å². The lowest BCUT2D eigenvalue weighted by Gasteiger charge is -2.21. The lowest BCUT2D eigenvalue weighted by atomic mass is 10.1. The SMILES string of the molecule is CCN(CC)CCNC(=O)c1ccccc1N(C)C(=O)c1cccs1. The highest BCUT2D eigenvalue weighted by molar-refractivity contribution is 7.12. The highest BCUT2D eigenvalue weighted by atomic mass is 32.1. The summed E-state index contributed by atoms with van der Waals surface area (Å²) in [7, 11) is 1.70. The van der Waals surface area contributed by atoms with Gasteiger partial charge in [-0.3, -0.25) is 9.59 Å². The van der Waals surface area contributed by atoms with Gasteiger partial charge in [0.05, 0.1) is 16.1 Å². The van der Waals surface area contributed by atoms with E-state index < -0.39 is 0 Å². The minimum atomic E-state index is -0.159. The summed E-state index contributed by atoms with van der Waals surface area (Å²) in [4.78, 5) is 29.6. The molecule has 25 heavy (non-hydrogen) atoms. The molecule has 0 atom stereocenters. The summed E-state index contributed by atoms with van der Waals surface area (Å²) in [6.07, 6.45) is 0. The number of amides is 2. The number of para-hydroxylation sites is 1. The van der Waals surface area contributed by atoms with Crippen LogP contribution in [-0.2, 0) is 0 Å². The van der Waals surface area contributed by atoms with Gasteiger partial charge in [-0.1, -0.05) is 32.0 Å². The fraction of sp³-hybridized carbons (Fsp3) is 0.368. The molecular weight excluding hydrogens is 334 g/mol. The van der Waals surface area contributed by atoms with Crippen molar-refractivity contribution in [2.24, 2.45) is 0 Å². The van der Waals surface area contributed by atoms with E-state index >= 15 is 0 Å². The highest BCUT2D eigenvalue weighted by Crippen LogP contribution is 2.22. The maximum atomic E-state index is 12.6. The summed E-state index contributed by atoms with van der Waals surface area (Å²) in [5.41, 5.74) is 1.12. The summed E-state index contributed by atoms with van der Waals surface area (Å²) in [5, 5.41) is 4.82. The Labute approximate surface area is 153 Å². The third kappa shape index (κ3) is 4.90. The van der Waals surface area contributed by atoms with E-state index in [4.69, 9.17) is 0 Å². The van der Waals surface area contributed by atoms with Crippen LogP contribution in [0.25, 0.3) is 0 Å². The van der Waals surface area contributed by atoms with E-state index in [-0.39, 0.29) is 11.8 Å². The zero-order valence-corrected chi connectivity index (χ0v) is 15.8. The summed E-state index contributed by atoms with van der Waals surface area (Å²) < 4.78 is 0. The molecule has 0 unspecified atom stereocenters. The Balaban J connectivity index is 2.09. The lowest BCUT2D eigenvalue weighted by molar-refractivity contribution is 0.0949. The first-order valence-electron chi connectivity index (χ1n) is 8.49. The quantitative estimate of drug-likeness (QED) is 0.788. The van der Waals surface area contributed by atoms with Gasteiger partial charge in [-0.05, 0) is 36.7 Å². The molecule has 0 aliphatic carbocycles. The second-order valence-corrected chi connectivity index (χ2v) is 6.59. The maximum Gasteiger partial charge on any atom is 0.268 e. The predicted molar refractivity (Wildman–Crippen MR) is 104 cm³/mol. The van der Waals surface area contributed by atoms with E-state index in [1.54, 1.807) is 25.2 Å². The third-order valence-corrected chi connectivity index (χ3v) is 5.01. The van der Waals surface area contributed by atoms with Crippen LogP contribution in [0, 0.1) is 0 Å². The van der Waals surface area contributed by atoms with Crippen molar-refractivity contribution in [3.8, 4) is 0 Å². The van der Waals surface area contributed by atoms with E-state index in [9.17, 15) is 9.59 Å². The van der Waals surface area contributed by atoms with Gasteiger partial charge < -0.3 is 15.1 Å². The minimum absolute atomic E-state index is 0.113. The molecule has 0 aliphatic heterocycles. The zero-order chi connectivity index (χ0) is 18.2. The molecule has 1 aromatic heterocycles. The number of nitrogens with one attached hydrogen (secondary N) is 1. The molecule has 0 saturated carbocycles. The molecule has 5 nitrogen and oxygen atoms in total. The number of benzene rings is 1. The number of anilines is 1. The zero-order valence-electron chi connectivity index (χ0n) is 15.0. The lowest BCUT2D eigenvalue weighted by Crippen LogP contribution is -2.36. The van der Waals surface area contributed by atoms with Gasteiger partial charge in [-0.15, -0.1) is 11.3 Å². The van der Waals surface area contributed by atoms with Crippen LogP contribution in [0.3, 0.4) is 0 Å². The van der Waals surface area contributed by atoms with Crippen molar-refractivity contribution in [1.82, 2.24) is 10.2 Å². The van der Waals surface area contributed by atoms with Crippen molar-refractivity contribution in [1.29, 1.82) is 0 Å². The molecule has 0 aliphatic rings. The fourth-order valence-electron chi connectivity index (χ4n) is 2.60. The molecule has 2 amide bonds. The molecular formula is C19H25N3O2S. The Bertz CT molecular complexity index is 696. The smallest absolute Gasteiger partial charge is 0.268 e. The van der Waals surface area contributed by atoms with Gasteiger partial charge in [0.1, 0.15) is 0 Å². The Hall–Kier alpha value is -2.18. The van der Waals surface area contributed by atoms with Crippen LogP contribution < -0.4 is 10.2 Å². The van der Waals surface area contributed by atoms with Crippen LogP contribution in [-0.4, -0.2) is 49.9 Å². The van der Waals surface area contributed by atoms with Gasteiger partial charge in [0.2, 0.25) is 0 Å². The van der Waals surface area contributed by atoms with Crippen molar-refractivity contribution in [2.45, 2.75) is 13.8 Å². The van der Waals surface area contributed by atoms with Crippen molar-refractivity contribution in [3.63, 3.8) is 0 Å². The van der Waals surface area contributed by atoms with Crippen molar-refractivity contribution < 1.29 is 9.59 Å². The van der Waals surface area contributed by atoms with Gasteiger partial charge in [0.25, 0.3) is 11.8 Å². The van der Waals surface area contributed by atoms with Gasteiger partial charge in [0, 0.05) is 20.1 Å². The number of hydrogen-bond acceptors (Lipinski definition) is 4. The topological polar surface area (TPSA) is 52.7 Å². The first-order chi connectivity index (χ1) is 12.1. The molecule has 1 aromatic carbocycles. The summed E-state index contributed by atoms with van der Waals surface area (Å²) >= 11 is 1.39. The number of likely N-dealkylation sites (N-methyl/N-ethyl adjacent to an activating group) is 1. The summed E-state index contributed by atoms with van der Waals surface area (Å²) in [6, 6.07) is 10.8. The number of carbonyl (C=O) groups is 2. The van der Waals surface area contributed by atoms with Crippen LogP contribution in [0.2, 0.25) is 0 Å². The van der Waals surface area contributed by atoms with Crippen molar-refractivity contribution in [2.75, 3.05) is 38.1 Å². The molecule has 0 bridgehead atoms. The normalized spacial score (nSPS) is 10.7. The van der Waals surface area contributed by atoms with Crippen LogP contribution in [0.1, 0.15) is 33.9 Å². The monoisotopic (exact) mass is 359 g/mol. The third-order valence-electron chi connectivity index (χ3n) is 4.15. The molecule has 134 valence electrons. The van der Waals surface area contributed by atoms with Gasteiger partial charge in [-0.2, -0.15) is 0 Å². The van der Waals surface area contributed by atoms with Crippen LogP contribution in [0.5, 0.6) is 0 Å². The van der Waals surface area contributed by atoms with Crippen LogP contribution >= 0.6 is 11.3 Å². The minimum Gasteiger partial charge on any atom is -0.351 e. The summed E-state index contributed by atoms with van der Waals surface area (Å²) in [5.74, 6) is -0.271. The number of nitrogens with zero attached hydrogens (tertiary/aromatic N) is 2. The van der Waals surface area contributed by atoms with E-state index in [2.05, 4.69) is 24.1 Å². The molecule has 2 rings (SSSR count). The first kappa shape index (κ1) is 19.1. The molecule has 1 N–H and O–H groups in total. The fourth-order valence-corrected chi connectivity index (χ4v) is 3.29. The molecule has 0 saturated heterocycles. The van der Waals surface area contributed by atoms with Gasteiger partial charge >= 0.3 is 0 Å². The van der Waals surface area contributed by atoms with Crippen LogP contribution in [0.15, 0.2) is 41.8 Å². The second-order valence-electron chi connectivity index (χ2n) is 5.64. The molecule has 1 heterocycles. The Morgan fingerprint density at radius 1 is 1.08 bits per heavy atom. The van der Waals surface area contributed by atoms with Crippen LogP contribution in [0.4, 0.5) is 5.69 Å². The highest BCUT2D eigenvalue weighted by Gasteiger charge is 2.20. The average Bonchev–Trinajstić information content (AvgIpc) is 3.18. The Morgan fingerprint density at radius 3 is 2.44 bits per heavy atom. The number of thiophene rings is 1. The first-order valence-corrected chi connectivity index (χ1v) is 9.37.